The molecule has 9 nitrogen and oxygen atoms in total. The van der Waals surface area contributed by atoms with E-state index in [2.05, 4.69) is 25.7 Å². The van der Waals surface area contributed by atoms with E-state index < -0.39 is 17.9 Å². The van der Waals surface area contributed by atoms with Crippen molar-refractivity contribution in [2.75, 3.05) is 17.2 Å². The molecule has 26 heavy (non-hydrogen) atoms. The molecule has 136 valence electrons. The molecule has 0 bridgehead atoms. The second-order valence-electron chi connectivity index (χ2n) is 4.94. The van der Waals surface area contributed by atoms with Crippen molar-refractivity contribution in [2.24, 2.45) is 0 Å². The number of pyridine rings is 1. The number of anilines is 2. The second kappa shape index (κ2) is 8.72. The molecule has 0 saturated carbocycles. The highest BCUT2D eigenvalue weighted by Gasteiger charge is 2.18. The molecule has 0 atom stereocenters. The summed E-state index contributed by atoms with van der Waals surface area (Å²) in [6.07, 6.45) is 1.86. The Morgan fingerprint density at radius 2 is 1.92 bits per heavy atom. The van der Waals surface area contributed by atoms with Gasteiger partial charge in [0.25, 0.3) is 11.8 Å². The minimum Gasteiger partial charge on any atom is -0.450 e. The number of hydrogen-bond donors (Lipinski definition) is 3. The van der Waals surface area contributed by atoms with E-state index in [1.54, 1.807) is 12.3 Å². The summed E-state index contributed by atoms with van der Waals surface area (Å²) in [7, 11) is 0. The molecular weight excluding hydrogens is 360 g/mol. The van der Waals surface area contributed by atoms with Crippen LogP contribution in [0.1, 0.15) is 34.6 Å². The average molecular weight is 376 g/mol. The van der Waals surface area contributed by atoms with Crippen molar-refractivity contribution < 1.29 is 23.9 Å². The number of imide groups is 1. The van der Waals surface area contributed by atoms with Crippen LogP contribution in [0, 0.1) is 0 Å². The molecule has 0 spiro atoms. The lowest BCUT2D eigenvalue weighted by atomic mass is 10.2. The number of nitrogens with zero attached hydrogens (tertiary/aromatic N) is 1. The van der Waals surface area contributed by atoms with Gasteiger partial charge in [0, 0.05) is 13.1 Å². The van der Waals surface area contributed by atoms with Gasteiger partial charge < -0.3 is 15.4 Å². The van der Waals surface area contributed by atoms with Gasteiger partial charge in [0.05, 0.1) is 29.6 Å². The molecule has 3 N–H and O–H groups in total. The van der Waals surface area contributed by atoms with Crippen molar-refractivity contribution in [3.05, 3.63) is 41.0 Å². The van der Waals surface area contributed by atoms with E-state index in [4.69, 9.17) is 0 Å². The third-order valence-corrected chi connectivity index (χ3v) is 3.78. The fourth-order valence-corrected chi connectivity index (χ4v) is 2.70. The summed E-state index contributed by atoms with van der Waals surface area (Å²) in [5, 5.41) is 9.04. The van der Waals surface area contributed by atoms with Crippen LogP contribution in [0.25, 0.3) is 0 Å². The van der Waals surface area contributed by atoms with Gasteiger partial charge in [-0.25, -0.2) is 4.79 Å². The highest BCUT2D eigenvalue weighted by atomic mass is 32.1. The van der Waals surface area contributed by atoms with Crippen molar-refractivity contribution in [1.82, 2.24) is 10.3 Å². The number of rotatable bonds is 5. The molecule has 2 rings (SSSR count). The second-order valence-corrected chi connectivity index (χ2v) is 5.85. The Morgan fingerprint density at radius 1 is 1.15 bits per heavy atom. The van der Waals surface area contributed by atoms with E-state index in [0.717, 1.165) is 11.3 Å². The standard InChI is InChI=1S/C16H16N4O5S/c1-3-25-16(24)20-14(23)12-4-5-26-15(12)19-13(22)10-6-11(8-17-7-10)18-9(2)21/h4-8H,3H2,1-2H3,(H,18,21)(H,19,22)(H,20,23,24). The van der Waals surface area contributed by atoms with Crippen LogP contribution in [0.5, 0.6) is 0 Å². The van der Waals surface area contributed by atoms with Crippen LogP contribution in [-0.2, 0) is 9.53 Å². The van der Waals surface area contributed by atoms with Gasteiger partial charge in [-0.2, -0.15) is 0 Å². The van der Waals surface area contributed by atoms with Gasteiger partial charge >= 0.3 is 6.09 Å². The maximum Gasteiger partial charge on any atom is 0.414 e. The molecule has 2 aromatic rings. The Hall–Kier alpha value is -3.27. The van der Waals surface area contributed by atoms with E-state index in [1.165, 1.54) is 31.5 Å². The fraction of sp³-hybridized carbons (Fsp3) is 0.188. The summed E-state index contributed by atoms with van der Waals surface area (Å²) in [5.74, 6) is -1.50. The Morgan fingerprint density at radius 3 is 2.62 bits per heavy atom. The lowest BCUT2D eigenvalue weighted by Crippen LogP contribution is -2.31. The zero-order chi connectivity index (χ0) is 19.1. The predicted molar refractivity (Wildman–Crippen MR) is 95.3 cm³/mol. The van der Waals surface area contributed by atoms with E-state index in [9.17, 15) is 19.2 Å². The van der Waals surface area contributed by atoms with E-state index in [-0.39, 0.29) is 28.6 Å². The Labute approximate surface area is 152 Å². The quantitative estimate of drug-likeness (QED) is 0.734. The van der Waals surface area contributed by atoms with E-state index in [0.29, 0.717) is 5.69 Å². The predicted octanol–water partition coefficient (Wildman–Crippen LogP) is 2.24. The number of thiophene rings is 1. The van der Waals surface area contributed by atoms with Crippen molar-refractivity contribution in [1.29, 1.82) is 0 Å². The highest BCUT2D eigenvalue weighted by Crippen LogP contribution is 2.24. The van der Waals surface area contributed by atoms with Gasteiger partial charge in [0.2, 0.25) is 5.91 Å². The van der Waals surface area contributed by atoms with Crippen molar-refractivity contribution in [3.63, 3.8) is 0 Å². The summed E-state index contributed by atoms with van der Waals surface area (Å²) >= 11 is 1.12. The van der Waals surface area contributed by atoms with E-state index in [1.807, 2.05) is 0 Å². The number of hydrogen-bond acceptors (Lipinski definition) is 7. The molecule has 0 radical (unpaired) electrons. The zero-order valence-corrected chi connectivity index (χ0v) is 14.8. The number of carbonyl (C=O) groups is 4. The highest BCUT2D eigenvalue weighted by molar-refractivity contribution is 7.14. The van der Waals surface area contributed by atoms with Gasteiger partial charge in [0.15, 0.2) is 0 Å². The molecule has 0 aliphatic carbocycles. The number of amides is 4. The Bertz CT molecular complexity index is 849. The largest absolute Gasteiger partial charge is 0.450 e. The molecule has 0 saturated heterocycles. The SMILES string of the molecule is CCOC(=O)NC(=O)c1ccsc1NC(=O)c1cncc(NC(C)=O)c1. The third-order valence-electron chi connectivity index (χ3n) is 2.95. The van der Waals surface area contributed by atoms with Crippen LogP contribution in [0.3, 0.4) is 0 Å². The number of alkyl carbamates (subject to hydrolysis) is 1. The van der Waals surface area contributed by atoms with Crippen molar-refractivity contribution >= 4 is 45.8 Å². The van der Waals surface area contributed by atoms with Crippen LogP contribution in [0.15, 0.2) is 29.9 Å². The van der Waals surface area contributed by atoms with Crippen molar-refractivity contribution in [2.45, 2.75) is 13.8 Å². The molecule has 4 amide bonds. The molecule has 0 aliphatic heterocycles. The summed E-state index contributed by atoms with van der Waals surface area (Å²) < 4.78 is 4.65. The van der Waals surface area contributed by atoms with Gasteiger partial charge in [-0.05, 0) is 24.4 Å². The third kappa shape index (κ3) is 5.11. The van der Waals surface area contributed by atoms with E-state index >= 15 is 0 Å². The van der Waals surface area contributed by atoms with Crippen LogP contribution >= 0.6 is 11.3 Å². The van der Waals surface area contributed by atoms with Crippen LogP contribution < -0.4 is 16.0 Å². The number of carbonyl (C=O) groups excluding carboxylic acids is 4. The molecule has 0 aromatic carbocycles. The topological polar surface area (TPSA) is 126 Å². The lowest BCUT2D eigenvalue weighted by molar-refractivity contribution is -0.114. The molecule has 2 heterocycles. The first kappa shape index (κ1) is 19.1. The van der Waals surface area contributed by atoms with Crippen molar-refractivity contribution in [3.8, 4) is 0 Å². The Kier molecular flexibility index (Phi) is 6.39. The monoisotopic (exact) mass is 376 g/mol. The van der Waals surface area contributed by atoms with Crippen LogP contribution in [0.2, 0.25) is 0 Å². The smallest absolute Gasteiger partial charge is 0.414 e. The number of ether oxygens (including phenoxy) is 1. The maximum absolute atomic E-state index is 12.4. The summed E-state index contributed by atoms with van der Waals surface area (Å²) in [4.78, 5) is 50.8. The summed E-state index contributed by atoms with van der Waals surface area (Å²) in [6.45, 7) is 3.08. The molecule has 0 aliphatic rings. The normalized spacial score (nSPS) is 9.92. The van der Waals surface area contributed by atoms with Gasteiger partial charge in [-0.3, -0.25) is 24.7 Å². The molecule has 10 heteroatoms. The lowest BCUT2D eigenvalue weighted by Gasteiger charge is -2.08. The first-order chi connectivity index (χ1) is 12.4. The van der Waals surface area contributed by atoms with Gasteiger partial charge in [-0.15, -0.1) is 11.3 Å². The average Bonchev–Trinajstić information content (AvgIpc) is 3.03. The first-order valence-corrected chi connectivity index (χ1v) is 8.38. The first-order valence-electron chi connectivity index (χ1n) is 7.50. The minimum absolute atomic E-state index is 0.127. The zero-order valence-electron chi connectivity index (χ0n) is 14.0. The fourth-order valence-electron chi connectivity index (χ4n) is 1.92. The molecule has 2 aromatic heterocycles. The molecule has 0 fully saturated rings. The molecule has 0 unspecified atom stereocenters. The van der Waals surface area contributed by atoms with Crippen LogP contribution in [0.4, 0.5) is 15.5 Å². The maximum atomic E-state index is 12.4. The minimum atomic E-state index is -0.867. The number of aromatic nitrogens is 1. The summed E-state index contributed by atoms with van der Waals surface area (Å²) in [6, 6.07) is 2.93. The molecular formula is C16H16N4O5S. The number of nitrogens with one attached hydrogen (secondary N) is 3. The Balaban J connectivity index is 2.11. The van der Waals surface area contributed by atoms with Crippen LogP contribution in [-0.4, -0.2) is 35.4 Å². The van der Waals surface area contributed by atoms with Gasteiger partial charge in [-0.1, -0.05) is 0 Å². The summed E-state index contributed by atoms with van der Waals surface area (Å²) in [5.41, 5.74) is 0.695. The van der Waals surface area contributed by atoms with Gasteiger partial charge in [0.1, 0.15) is 5.00 Å².